The third kappa shape index (κ3) is 2.01. The van der Waals surface area contributed by atoms with Crippen molar-refractivity contribution < 1.29 is 9.53 Å². The first-order valence-corrected chi connectivity index (χ1v) is 6.28. The van der Waals surface area contributed by atoms with Crippen molar-refractivity contribution in [2.24, 2.45) is 0 Å². The van der Waals surface area contributed by atoms with Crippen LogP contribution in [-0.2, 0) is 11.2 Å². The lowest BCUT2D eigenvalue weighted by Crippen LogP contribution is -2.44. The van der Waals surface area contributed by atoms with Crippen LogP contribution < -0.4 is 16.0 Å². The second-order valence-electron chi connectivity index (χ2n) is 4.80. The minimum atomic E-state index is -0.0333. The number of hydrogen-bond donors (Lipinski definition) is 2. The van der Waals surface area contributed by atoms with Gasteiger partial charge in [-0.05, 0) is 36.6 Å². The number of nitrogen functional groups attached to an aromatic ring is 1. The van der Waals surface area contributed by atoms with Gasteiger partial charge in [-0.3, -0.25) is 4.90 Å². The van der Waals surface area contributed by atoms with Crippen molar-refractivity contribution in [1.29, 1.82) is 0 Å². The van der Waals surface area contributed by atoms with Gasteiger partial charge in [0.1, 0.15) is 0 Å². The number of carbonyl (C=O) groups excluding carboxylic acids is 1. The highest BCUT2D eigenvalue weighted by molar-refractivity contribution is 5.94. The summed E-state index contributed by atoms with van der Waals surface area (Å²) in [4.78, 5) is 14.0. The zero-order valence-corrected chi connectivity index (χ0v) is 10.2. The largest absolute Gasteiger partial charge is 0.399 e. The molecule has 1 atom stereocenters. The molecule has 0 bridgehead atoms. The lowest BCUT2D eigenvalue weighted by atomic mass is 10.1. The van der Waals surface area contributed by atoms with E-state index in [1.807, 2.05) is 18.2 Å². The molecular weight excluding hydrogens is 230 g/mol. The van der Waals surface area contributed by atoms with Crippen LogP contribution in [0.2, 0.25) is 0 Å². The molecule has 2 aliphatic heterocycles. The molecule has 0 spiro atoms. The molecule has 1 fully saturated rings. The topological polar surface area (TPSA) is 67.6 Å². The molecule has 3 rings (SSSR count). The number of benzene rings is 1. The zero-order valence-electron chi connectivity index (χ0n) is 10.2. The number of urea groups is 1. The highest BCUT2D eigenvalue weighted by atomic mass is 16.5. The number of fused-ring (bicyclic) bond motifs is 1. The molecule has 0 radical (unpaired) electrons. The van der Waals surface area contributed by atoms with Crippen LogP contribution in [-0.4, -0.2) is 31.8 Å². The van der Waals surface area contributed by atoms with Crippen LogP contribution in [0.1, 0.15) is 12.0 Å². The number of nitrogens with two attached hydrogens (primary N) is 1. The summed E-state index contributed by atoms with van der Waals surface area (Å²) in [6.45, 7) is 2.07. The van der Waals surface area contributed by atoms with E-state index in [-0.39, 0.29) is 12.1 Å². The van der Waals surface area contributed by atoms with Crippen molar-refractivity contribution in [2.45, 2.75) is 18.9 Å². The molecule has 2 aliphatic rings. The predicted octanol–water partition coefficient (Wildman–Crippen LogP) is 1.13. The average Bonchev–Trinajstić information content (AvgIpc) is 2.97. The summed E-state index contributed by atoms with van der Waals surface area (Å²) in [5, 5.41) is 3.01. The maximum atomic E-state index is 12.2. The standard InChI is InChI=1S/C13H17N3O2/c14-10-1-2-12-9(7-10)3-5-16(12)13(17)15-11-4-6-18-8-11/h1-2,7,11H,3-6,8,14H2,(H,15,17). The Bertz CT molecular complexity index is 469. The van der Waals surface area contributed by atoms with Gasteiger partial charge in [0.05, 0.1) is 12.6 Å². The molecule has 1 aromatic rings. The van der Waals surface area contributed by atoms with Gasteiger partial charge in [-0.1, -0.05) is 0 Å². The van der Waals surface area contributed by atoms with E-state index in [9.17, 15) is 4.79 Å². The molecule has 1 unspecified atom stereocenters. The minimum Gasteiger partial charge on any atom is -0.399 e. The normalized spacial score (nSPS) is 22.0. The first-order chi connectivity index (χ1) is 8.74. The summed E-state index contributed by atoms with van der Waals surface area (Å²) >= 11 is 0. The third-order valence-electron chi connectivity index (χ3n) is 3.50. The van der Waals surface area contributed by atoms with Gasteiger partial charge in [0.25, 0.3) is 0 Å². The van der Waals surface area contributed by atoms with E-state index in [2.05, 4.69) is 5.32 Å². The second kappa shape index (κ2) is 4.49. The van der Waals surface area contributed by atoms with Gasteiger partial charge in [-0.15, -0.1) is 0 Å². The highest BCUT2D eigenvalue weighted by Crippen LogP contribution is 2.29. The van der Waals surface area contributed by atoms with Crippen molar-refractivity contribution in [2.75, 3.05) is 30.4 Å². The Labute approximate surface area is 106 Å². The Morgan fingerprint density at radius 2 is 2.39 bits per heavy atom. The van der Waals surface area contributed by atoms with E-state index < -0.39 is 0 Å². The summed E-state index contributed by atoms with van der Waals surface area (Å²) in [5.74, 6) is 0. The fourth-order valence-corrected chi connectivity index (χ4v) is 2.53. The van der Waals surface area contributed by atoms with Gasteiger partial charge in [0.15, 0.2) is 0 Å². The molecule has 1 saturated heterocycles. The van der Waals surface area contributed by atoms with Gasteiger partial charge in [-0.25, -0.2) is 4.79 Å². The molecule has 5 heteroatoms. The third-order valence-corrected chi connectivity index (χ3v) is 3.50. The average molecular weight is 247 g/mol. The number of rotatable bonds is 1. The maximum Gasteiger partial charge on any atom is 0.322 e. The summed E-state index contributed by atoms with van der Waals surface area (Å²) < 4.78 is 5.26. The molecule has 1 aromatic carbocycles. The summed E-state index contributed by atoms with van der Waals surface area (Å²) in [7, 11) is 0. The Morgan fingerprint density at radius 3 is 3.17 bits per heavy atom. The molecule has 0 saturated carbocycles. The van der Waals surface area contributed by atoms with E-state index in [4.69, 9.17) is 10.5 Å². The highest BCUT2D eigenvalue weighted by Gasteiger charge is 2.27. The minimum absolute atomic E-state index is 0.0333. The van der Waals surface area contributed by atoms with Crippen LogP contribution in [0.4, 0.5) is 16.2 Å². The van der Waals surface area contributed by atoms with Crippen LogP contribution in [0.15, 0.2) is 18.2 Å². The van der Waals surface area contributed by atoms with Crippen LogP contribution >= 0.6 is 0 Å². The number of hydrogen-bond acceptors (Lipinski definition) is 3. The van der Waals surface area contributed by atoms with Crippen molar-refractivity contribution >= 4 is 17.4 Å². The number of carbonyl (C=O) groups is 1. The Hall–Kier alpha value is -1.75. The molecule has 0 aliphatic carbocycles. The molecule has 96 valence electrons. The van der Waals surface area contributed by atoms with Crippen LogP contribution in [0, 0.1) is 0 Å². The van der Waals surface area contributed by atoms with E-state index in [1.54, 1.807) is 4.90 Å². The van der Waals surface area contributed by atoms with Gasteiger partial charge in [0.2, 0.25) is 0 Å². The van der Waals surface area contributed by atoms with Gasteiger partial charge in [-0.2, -0.15) is 0 Å². The number of anilines is 2. The summed E-state index contributed by atoms with van der Waals surface area (Å²) in [5.41, 5.74) is 8.62. The lowest BCUT2D eigenvalue weighted by molar-refractivity contribution is 0.189. The molecule has 2 amide bonds. The Morgan fingerprint density at radius 1 is 1.50 bits per heavy atom. The predicted molar refractivity (Wildman–Crippen MR) is 69.7 cm³/mol. The molecule has 0 aromatic heterocycles. The van der Waals surface area contributed by atoms with Crippen molar-refractivity contribution in [3.63, 3.8) is 0 Å². The number of nitrogens with one attached hydrogen (secondary N) is 1. The monoisotopic (exact) mass is 247 g/mol. The molecule has 2 heterocycles. The summed E-state index contributed by atoms with van der Waals surface area (Å²) in [6, 6.07) is 5.82. The Kier molecular flexibility index (Phi) is 2.83. The smallest absolute Gasteiger partial charge is 0.322 e. The van der Waals surface area contributed by atoms with Gasteiger partial charge < -0.3 is 15.8 Å². The number of amides is 2. The zero-order chi connectivity index (χ0) is 12.5. The second-order valence-corrected chi connectivity index (χ2v) is 4.80. The number of ether oxygens (including phenoxy) is 1. The maximum absolute atomic E-state index is 12.2. The Balaban J connectivity index is 1.73. The van der Waals surface area contributed by atoms with Gasteiger partial charge >= 0.3 is 6.03 Å². The van der Waals surface area contributed by atoms with Gasteiger partial charge in [0, 0.05) is 24.5 Å². The fourth-order valence-electron chi connectivity index (χ4n) is 2.53. The molecular formula is C13H17N3O2. The lowest BCUT2D eigenvalue weighted by Gasteiger charge is -2.20. The fraction of sp³-hybridized carbons (Fsp3) is 0.462. The quantitative estimate of drug-likeness (QED) is 0.731. The van der Waals surface area contributed by atoms with Crippen molar-refractivity contribution in [3.8, 4) is 0 Å². The van der Waals surface area contributed by atoms with Crippen LogP contribution in [0.25, 0.3) is 0 Å². The molecule has 5 nitrogen and oxygen atoms in total. The summed E-state index contributed by atoms with van der Waals surface area (Å²) in [6.07, 6.45) is 1.77. The van der Waals surface area contributed by atoms with Crippen molar-refractivity contribution in [3.05, 3.63) is 23.8 Å². The number of nitrogens with zero attached hydrogens (tertiary/aromatic N) is 1. The van der Waals surface area contributed by atoms with Crippen LogP contribution in [0.3, 0.4) is 0 Å². The SMILES string of the molecule is Nc1ccc2c(c1)CCN2C(=O)NC1CCOC1. The molecule has 3 N–H and O–H groups in total. The van der Waals surface area contributed by atoms with Crippen molar-refractivity contribution in [1.82, 2.24) is 5.32 Å². The first-order valence-electron chi connectivity index (χ1n) is 6.28. The first kappa shape index (κ1) is 11.3. The van der Waals surface area contributed by atoms with E-state index in [0.717, 1.165) is 42.9 Å². The van der Waals surface area contributed by atoms with E-state index in [0.29, 0.717) is 6.61 Å². The molecule has 18 heavy (non-hydrogen) atoms. The van der Waals surface area contributed by atoms with Crippen LogP contribution in [0.5, 0.6) is 0 Å². The van der Waals surface area contributed by atoms with E-state index in [1.165, 1.54) is 0 Å². The van der Waals surface area contributed by atoms with E-state index >= 15 is 0 Å².